The number of nitrogens with zero attached hydrogens (tertiary/aromatic N) is 1. The minimum absolute atomic E-state index is 0.0350. The molecular weight excluding hydrogens is 271 g/mol. The van der Waals surface area contributed by atoms with E-state index in [2.05, 4.69) is 10.4 Å². The van der Waals surface area contributed by atoms with Crippen LogP contribution in [0.4, 0.5) is 13.2 Å². The summed E-state index contributed by atoms with van der Waals surface area (Å²) in [4.78, 5) is 3.80. The lowest BCUT2D eigenvalue weighted by Crippen LogP contribution is -2.40. The van der Waals surface area contributed by atoms with Gasteiger partial charge in [0.2, 0.25) is 0 Å². The third-order valence-corrected chi connectivity index (χ3v) is 3.45. The zero-order valence-electron chi connectivity index (χ0n) is 11.2. The van der Waals surface area contributed by atoms with E-state index < -0.39 is 17.8 Å². The summed E-state index contributed by atoms with van der Waals surface area (Å²) in [5, 5.41) is 0. The van der Waals surface area contributed by atoms with E-state index in [1.165, 1.54) is 6.20 Å². The SMILES string of the molecule is CCOC(C1CC1)C(NN)c1cnccc1C(F)(F)F. The molecule has 0 aliphatic heterocycles. The number of hydrogen-bond acceptors (Lipinski definition) is 4. The van der Waals surface area contributed by atoms with E-state index in [0.29, 0.717) is 6.61 Å². The number of ether oxygens (including phenoxy) is 1. The lowest BCUT2D eigenvalue weighted by atomic mass is 9.95. The fourth-order valence-corrected chi connectivity index (χ4v) is 2.40. The first kappa shape index (κ1) is 15.2. The first-order valence-electron chi connectivity index (χ1n) is 6.57. The first-order chi connectivity index (χ1) is 9.49. The third kappa shape index (κ3) is 3.28. The Bertz CT molecular complexity index is 449. The first-order valence-corrected chi connectivity index (χ1v) is 6.57. The van der Waals surface area contributed by atoms with Gasteiger partial charge in [-0.3, -0.25) is 16.3 Å². The molecule has 4 nitrogen and oxygen atoms in total. The lowest BCUT2D eigenvalue weighted by molar-refractivity contribution is -0.139. The summed E-state index contributed by atoms with van der Waals surface area (Å²) < 4.78 is 44.8. The van der Waals surface area contributed by atoms with Crippen LogP contribution in [0.25, 0.3) is 0 Å². The number of rotatable bonds is 6. The predicted molar refractivity (Wildman–Crippen MR) is 67.4 cm³/mol. The van der Waals surface area contributed by atoms with Gasteiger partial charge in [0, 0.05) is 24.6 Å². The normalized spacial score (nSPS) is 18.9. The minimum atomic E-state index is -4.44. The van der Waals surface area contributed by atoms with E-state index in [-0.39, 0.29) is 17.6 Å². The Morgan fingerprint density at radius 2 is 2.20 bits per heavy atom. The number of alkyl halides is 3. The maximum Gasteiger partial charge on any atom is 0.416 e. The van der Waals surface area contributed by atoms with Gasteiger partial charge in [0.25, 0.3) is 0 Å². The van der Waals surface area contributed by atoms with E-state index in [0.717, 1.165) is 25.1 Å². The zero-order valence-corrected chi connectivity index (χ0v) is 11.2. The smallest absolute Gasteiger partial charge is 0.376 e. The van der Waals surface area contributed by atoms with E-state index in [1.807, 2.05) is 6.92 Å². The average molecular weight is 289 g/mol. The molecule has 7 heteroatoms. The van der Waals surface area contributed by atoms with Crippen LogP contribution in [0, 0.1) is 5.92 Å². The molecule has 1 heterocycles. The van der Waals surface area contributed by atoms with Crippen molar-refractivity contribution < 1.29 is 17.9 Å². The molecule has 1 aromatic heterocycles. The van der Waals surface area contributed by atoms with E-state index >= 15 is 0 Å². The number of nitrogens with two attached hydrogens (primary N) is 1. The molecule has 0 radical (unpaired) electrons. The lowest BCUT2D eigenvalue weighted by Gasteiger charge is -2.28. The van der Waals surface area contributed by atoms with Crippen LogP contribution in [0.3, 0.4) is 0 Å². The molecule has 1 saturated carbocycles. The molecule has 20 heavy (non-hydrogen) atoms. The second-order valence-electron chi connectivity index (χ2n) is 4.86. The Morgan fingerprint density at radius 3 is 2.70 bits per heavy atom. The van der Waals surface area contributed by atoms with Crippen molar-refractivity contribution in [2.45, 2.75) is 38.1 Å². The number of hydrazine groups is 1. The topological polar surface area (TPSA) is 60.2 Å². The maximum absolute atomic E-state index is 13.1. The van der Waals surface area contributed by atoms with Gasteiger partial charge in [0.15, 0.2) is 0 Å². The highest BCUT2D eigenvalue weighted by Gasteiger charge is 2.42. The number of aromatic nitrogens is 1. The minimum Gasteiger partial charge on any atom is -0.376 e. The van der Waals surface area contributed by atoms with Crippen LogP contribution >= 0.6 is 0 Å². The fraction of sp³-hybridized carbons (Fsp3) is 0.615. The molecule has 2 rings (SSSR count). The maximum atomic E-state index is 13.1. The Balaban J connectivity index is 2.35. The number of nitrogens with one attached hydrogen (secondary N) is 1. The summed E-state index contributed by atoms with van der Waals surface area (Å²) in [6, 6.07) is 0.253. The highest BCUT2D eigenvalue weighted by atomic mass is 19.4. The molecule has 0 amide bonds. The van der Waals surface area contributed by atoms with Crippen molar-refractivity contribution in [3.63, 3.8) is 0 Å². The highest BCUT2D eigenvalue weighted by Crippen LogP contribution is 2.42. The van der Waals surface area contributed by atoms with E-state index in [4.69, 9.17) is 10.6 Å². The van der Waals surface area contributed by atoms with Gasteiger partial charge < -0.3 is 4.74 Å². The van der Waals surface area contributed by atoms with Crippen LogP contribution in [0.2, 0.25) is 0 Å². The van der Waals surface area contributed by atoms with Crippen molar-refractivity contribution in [3.8, 4) is 0 Å². The summed E-state index contributed by atoms with van der Waals surface area (Å²) in [5.74, 6) is 5.74. The molecule has 2 unspecified atom stereocenters. The Kier molecular flexibility index (Phi) is 4.62. The molecule has 1 aliphatic rings. The Labute approximate surface area is 115 Å². The van der Waals surface area contributed by atoms with Crippen molar-refractivity contribution in [2.75, 3.05) is 6.61 Å². The summed E-state index contributed by atoms with van der Waals surface area (Å²) in [7, 11) is 0. The molecule has 3 N–H and O–H groups in total. The summed E-state index contributed by atoms with van der Waals surface area (Å²) in [6.07, 6.45) is -0.563. The monoisotopic (exact) mass is 289 g/mol. The second kappa shape index (κ2) is 6.07. The largest absolute Gasteiger partial charge is 0.416 e. The van der Waals surface area contributed by atoms with E-state index in [9.17, 15) is 13.2 Å². The van der Waals surface area contributed by atoms with Crippen LogP contribution in [0.5, 0.6) is 0 Å². The van der Waals surface area contributed by atoms with Crippen LogP contribution in [-0.2, 0) is 10.9 Å². The number of hydrogen-bond donors (Lipinski definition) is 2. The third-order valence-electron chi connectivity index (χ3n) is 3.45. The Morgan fingerprint density at radius 1 is 1.50 bits per heavy atom. The molecule has 1 aliphatic carbocycles. The van der Waals surface area contributed by atoms with Gasteiger partial charge in [-0.25, -0.2) is 0 Å². The van der Waals surface area contributed by atoms with Gasteiger partial charge >= 0.3 is 6.18 Å². The number of pyridine rings is 1. The number of halogens is 3. The quantitative estimate of drug-likeness (QED) is 0.623. The van der Waals surface area contributed by atoms with Gasteiger partial charge in [-0.1, -0.05) is 0 Å². The van der Waals surface area contributed by atoms with Crippen molar-refractivity contribution in [1.29, 1.82) is 0 Å². The molecule has 1 aromatic rings. The standard InChI is InChI=1S/C13H18F3N3O/c1-2-20-12(8-3-4-8)11(19-17)9-7-18-6-5-10(9)13(14,15)16/h5-8,11-12,19H,2-4,17H2,1H3. The molecular formula is C13H18F3N3O. The van der Waals surface area contributed by atoms with E-state index in [1.54, 1.807) is 0 Å². The molecule has 0 saturated heterocycles. The van der Waals surface area contributed by atoms with Gasteiger partial charge in [0.05, 0.1) is 17.7 Å². The van der Waals surface area contributed by atoms with Crippen LogP contribution < -0.4 is 11.3 Å². The highest BCUT2D eigenvalue weighted by molar-refractivity contribution is 5.30. The van der Waals surface area contributed by atoms with Gasteiger partial charge in [0.1, 0.15) is 0 Å². The molecule has 0 spiro atoms. The molecule has 0 bridgehead atoms. The van der Waals surface area contributed by atoms with Crippen molar-refractivity contribution in [1.82, 2.24) is 10.4 Å². The molecule has 112 valence electrons. The van der Waals surface area contributed by atoms with Crippen LogP contribution in [0.1, 0.15) is 36.9 Å². The zero-order chi connectivity index (χ0) is 14.8. The van der Waals surface area contributed by atoms with Crippen molar-refractivity contribution in [2.24, 2.45) is 11.8 Å². The summed E-state index contributed by atoms with van der Waals surface area (Å²) in [5.41, 5.74) is 1.79. The van der Waals surface area contributed by atoms with Gasteiger partial charge in [-0.05, 0) is 31.7 Å². The van der Waals surface area contributed by atoms with Crippen molar-refractivity contribution >= 4 is 0 Å². The molecule has 2 atom stereocenters. The predicted octanol–water partition coefficient (Wildman–Crippen LogP) is 2.42. The molecule has 0 aromatic carbocycles. The Hall–Kier alpha value is -1.18. The van der Waals surface area contributed by atoms with Gasteiger partial charge in [-0.2, -0.15) is 13.2 Å². The van der Waals surface area contributed by atoms with Crippen LogP contribution in [-0.4, -0.2) is 17.7 Å². The van der Waals surface area contributed by atoms with Crippen molar-refractivity contribution in [3.05, 3.63) is 29.6 Å². The summed E-state index contributed by atoms with van der Waals surface area (Å²) >= 11 is 0. The van der Waals surface area contributed by atoms with Crippen LogP contribution in [0.15, 0.2) is 18.5 Å². The average Bonchev–Trinajstić information content (AvgIpc) is 3.22. The second-order valence-corrected chi connectivity index (χ2v) is 4.86. The fourth-order valence-electron chi connectivity index (χ4n) is 2.40. The summed E-state index contributed by atoms with van der Waals surface area (Å²) in [6.45, 7) is 2.25. The van der Waals surface area contributed by atoms with Gasteiger partial charge in [-0.15, -0.1) is 0 Å². The molecule has 1 fully saturated rings.